The van der Waals surface area contributed by atoms with E-state index in [1.54, 1.807) is 12.3 Å². The van der Waals surface area contributed by atoms with Crippen molar-refractivity contribution >= 4 is 40.3 Å². The number of aromatic nitrogens is 3. The number of thiazole rings is 1. The number of fused-ring (bicyclic) bond motifs is 1. The zero-order valence-electron chi connectivity index (χ0n) is 18.7. The van der Waals surface area contributed by atoms with Gasteiger partial charge in [0.1, 0.15) is 11.9 Å². The molecule has 0 unspecified atom stereocenters. The Hall–Kier alpha value is -3.18. The quantitative estimate of drug-likeness (QED) is 0.482. The highest BCUT2D eigenvalue weighted by Crippen LogP contribution is 2.46. The molecule has 36 heavy (non-hydrogen) atoms. The molecule has 2 aromatic heterocycles. The minimum atomic E-state index is -2.81. The Morgan fingerprint density at radius 2 is 2.08 bits per heavy atom. The number of carbonyl (C=O) groups excluding carboxylic acids is 1. The molecule has 4 heterocycles. The molecular formula is C24H20ClF3N6OS. The van der Waals surface area contributed by atoms with Gasteiger partial charge in [0.2, 0.25) is 5.91 Å². The van der Waals surface area contributed by atoms with Crippen LogP contribution < -0.4 is 5.32 Å². The zero-order chi connectivity index (χ0) is 25.0. The van der Waals surface area contributed by atoms with Crippen molar-refractivity contribution in [2.45, 2.75) is 37.9 Å². The minimum Gasteiger partial charge on any atom is -0.351 e. The van der Waals surface area contributed by atoms with Gasteiger partial charge in [-0.3, -0.25) is 9.79 Å². The van der Waals surface area contributed by atoms with E-state index in [9.17, 15) is 18.0 Å². The lowest BCUT2D eigenvalue weighted by atomic mass is 9.92. The summed E-state index contributed by atoms with van der Waals surface area (Å²) in [6.07, 6.45) is 5.11. The highest BCUT2D eigenvalue weighted by molar-refractivity contribution is 7.11. The fraction of sp³-hybridized carbons (Fsp3) is 0.333. The number of hydrogen-bond donors (Lipinski definition) is 1. The van der Waals surface area contributed by atoms with E-state index in [4.69, 9.17) is 16.6 Å². The molecule has 2 aliphatic heterocycles. The van der Waals surface area contributed by atoms with Crippen molar-refractivity contribution in [3.8, 4) is 0 Å². The van der Waals surface area contributed by atoms with Gasteiger partial charge in [0, 0.05) is 58.5 Å². The number of hydrogen-bond acceptors (Lipinski definition) is 6. The summed E-state index contributed by atoms with van der Waals surface area (Å²) in [6, 6.07) is 4.62. The van der Waals surface area contributed by atoms with Gasteiger partial charge in [-0.05, 0) is 31.0 Å². The largest absolute Gasteiger partial charge is 0.351 e. The molecular weight excluding hydrogens is 513 g/mol. The molecule has 0 radical (unpaired) electrons. The summed E-state index contributed by atoms with van der Waals surface area (Å²) in [4.78, 5) is 23.9. The molecule has 3 aromatic rings. The molecule has 6 rings (SSSR count). The Morgan fingerprint density at radius 1 is 1.25 bits per heavy atom. The van der Waals surface area contributed by atoms with Crippen LogP contribution >= 0.6 is 22.9 Å². The summed E-state index contributed by atoms with van der Waals surface area (Å²) < 4.78 is 41.3. The number of carbonyl (C=O) groups is 1. The number of nitrogens with one attached hydrogen (secondary N) is 1. The van der Waals surface area contributed by atoms with E-state index in [2.05, 4.69) is 15.4 Å². The molecule has 186 valence electrons. The van der Waals surface area contributed by atoms with Crippen LogP contribution in [0.2, 0.25) is 5.02 Å². The van der Waals surface area contributed by atoms with Gasteiger partial charge in [-0.25, -0.2) is 14.1 Å². The van der Waals surface area contributed by atoms with Gasteiger partial charge in [-0.2, -0.15) is 13.9 Å². The van der Waals surface area contributed by atoms with Crippen LogP contribution in [0.15, 0.2) is 52.7 Å². The lowest BCUT2D eigenvalue weighted by molar-refractivity contribution is -0.122. The van der Waals surface area contributed by atoms with Gasteiger partial charge < -0.3 is 10.2 Å². The molecule has 1 saturated carbocycles. The summed E-state index contributed by atoms with van der Waals surface area (Å²) in [5.74, 6) is 0.168. The third-order valence-electron chi connectivity index (χ3n) is 6.52. The number of nitrogens with zero attached hydrogens (tertiary/aromatic N) is 5. The number of rotatable bonds is 6. The van der Waals surface area contributed by atoms with E-state index in [1.165, 1.54) is 35.7 Å². The molecule has 3 aliphatic rings. The van der Waals surface area contributed by atoms with Crippen molar-refractivity contribution in [1.82, 2.24) is 25.0 Å². The number of amides is 1. The smallest absolute Gasteiger partial charge is 0.333 e. The highest BCUT2D eigenvalue weighted by Gasteiger charge is 2.42. The maximum absolute atomic E-state index is 13.9. The molecule has 2 fully saturated rings. The average molecular weight is 533 g/mol. The van der Waals surface area contributed by atoms with E-state index in [1.807, 2.05) is 10.3 Å². The summed E-state index contributed by atoms with van der Waals surface area (Å²) in [5.41, 5.74) is 2.22. The Balaban J connectivity index is 1.50. The van der Waals surface area contributed by atoms with Crippen molar-refractivity contribution in [1.29, 1.82) is 0 Å². The second kappa shape index (κ2) is 9.04. The van der Waals surface area contributed by atoms with Crippen LogP contribution in [0.1, 0.15) is 48.1 Å². The van der Waals surface area contributed by atoms with Gasteiger partial charge in [0.15, 0.2) is 10.8 Å². The van der Waals surface area contributed by atoms with E-state index in [0.717, 1.165) is 18.5 Å². The number of amidine groups is 1. The molecule has 12 heteroatoms. The van der Waals surface area contributed by atoms with Gasteiger partial charge in [-0.15, -0.1) is 11.3 Å². The predicted octanol–water partition coefficient (Wildman–Crippen LogP) is 5.04. The molecule has 1 amide bonds. The Kier molecular flexibility index (Phi) is 5.83. The average Bonchev–Trinajstić information content (AvgIpc) is 3.22. The van der Waals surface area contributed by atoms with Gasteiger partial charge in [0.25, 0.3) is 0 Å². The maximum atomic E-state index is 13.9. The molecule has 7 nitrogen and oxygen atoms in total. The molecule has 2 atom stereocenters. The molecule has 0 spiro atoms. The molecule has 1 N–H and O–H groups in total. The molecule has 1 aliphatic carbocycles. The van der Waals surface area contributed by atoms with Gasteiger partial charge >= 0.3 is 6.55 Å². The first kappa shape index (κ1) is 23.2. The van der Waals surface area contributed by atoms with Crippen LogP contribution in [0.4, 0.5) is 13.2 Å². The van der Waals surface area contributed by atoms with E-state index >= 15 is 0 Å². The molecule has 1 saturated heterocycles. The zero-order valence-corrected chi connectivity index (χ0v) is 20.3. The summed E-state index contributed by atoms with van der Waals surface area (Å²) in [7, 11) is 0. The van der Waals surface area contributed by atoms with Crippen LogP contribution in [0.5, 0.6) is 0 Å². The third kappa shape index (κ3) is 4.20. The Bertz CT molecular complexity index is 1380. The van der Waals surface area contributed by atoms with Crippen LogP contribution in [0, 0.1) is 11.7 Å². The van der Waals surface area contributed by atoms with Gasteiger partial charge in [-0.1, -0.05) is 17.7 Å². The minimum absolute atomic E-state index is 0.0230. The first-order valence-corrected chi connectivity index (χ1v) is 12.7. The normalized spacial score (nSPS) is 21.7. The summed E-state index contributed by atoms with van der Waals surface area (Å²) >= 11 is 7.88. The number of benzene rings is 1. The van der Waals surface area contributed by atoms with Crippen molar-refractivity contribution in [2.75, 3.05) is 6.54 Å². The maximum Gasteiger partial charge on any atom is 0.333 e. The Morgan fingerprint density at radius 3 is 2.75 bits per heavy atom. The van der Waals surface area contributed by atoms with Crippen LogP contribution in [-0.2, 0) is 4.79 Å². The monoisotopic (exact) mass is 532 g/mol. The summed E-state index contributed by atoms with van der Waals surface area (Å²) in [5, 5.41) is 9.92. The topological polar surface area (TPSA) is 75.4 Å². The summed E-state index contributed by atoms with van der Waals surface area (Å²) in [6.45, 7) is -2.35. The fourth-order valence-electron chi connectivity index (χ4n) is 4.72. The van der Waals surface area contributed by atoms with E-state index in [0.29, 0.717) is 45.3 Å². The van der Waals surface area contributed by atoms with Crippen molar-refractivity contribution in [3.63, 3.8) is 0 Å². The molecule has 1 aromatic carbocycles. The standard InChI is InChI=1S/C24H20ClF3N6OS/c25-16-9-13(26)3-4-15(16)20-19(17-5-7-34(32-17)24(27)28)18-10-14(30-22(35)12-1-2-12)11-33(18)21(31-20)23-29-6-8-36-23/h3-9,12,14,20,24H,1-2,10-11H2,(H,30,35)/t14-,20-/m0/s1. The second-order valence-electron chi connectivity index (χ2n) is 8.97. The molecule has 0 bridgehead atoms. The van der Waals surface area contributed by atoms with E-state index < -0.39 is 18.4 Å². The lowest BCUT2D eigenvalue weighted by Crippen LogP contribution is -2.40. The second-order valence-corrected chi connectivity index (χ2v) is 10.3. The SMILES string of the molecule is O=C(N[C@H]1CC2=C(c3ccn(C(F)F)n3)[C@H](c3ccc(F)cc3Cl)N=C(c3nccs3)N2C1)C1CC1. The number of halogens is 4. The number of alkyl halides is 2. The van der Waals surface area contributed by atoms with Crippen LogP contribution in [-0.4, -0.2) is 44.0 Å². The predicted molar refractivity (Wildman–Crippen MR) is 129 cm³/mol. The third-order valence-corrected chi connectivity index (χ3v) is 7.62. The van der Waals surface area contributed by atoms with Crippen molar-refractivity contribution < 1.29 is 18.0 Å². The van der Waals surface area contributed by atoms with Crippen molar-refractivity contribution in [2.24, 2.45) is 10.9 Å². The lowest BCUT2D eigenvalue weighted by Gasteiger charge is -2.32. The van der Waals surface area contributed by atoms with Gasteiger partial charge in [0.05, 0.1) is 11.7 Å². The fourth-order valence-corrected chi connectivity index (χ4v) is 5.63. The first-order valence-electron chi connectivity index (χ1n) is 11.5. The number of aliphatic imine (C=N–C) groups is 1. The van der Waals surface area contributed by atoms with Crippen molar-refractivity contribution in [3.05, 3.63) is 74.8 Å². The van der Waals surface area contributed by atoms with Crippen LogP contribution in [0.25, 0.3) is 5.57 Å². The van der Waals surface area contributed by atoms with Crippen LogP contribution in [0.3, 0.4) is 0 Å². The first-order chi connectivity index (χ1) is 17.4. The highest BCUT2D eigenvalue weighted by atomic mass is 35.5. The van der Waals surface area contributed by atoms with E-state index in [-0.39, 0.29) is 22.9 Å². The Labute approximate surface area is 213 Å².